The number of hydrogen-bond acceptors (Lipinski definition) is 3. The normalized spacial score (nSPS) is 38.6. The quantitative estimate of drug-likeness (QED) is 0.746. The molecule has 4 atom stereocenters. The largest absolute Gasteiger partial charge is 0.379 e. The maximum atomic E-state index is 5.47. The highest BCUT2D eigenvalue weighted by Crippen LogP contribution is 2.30. The van der Waals surface area contributed by atoms with E-state index in [0.29, 0.717) is 6.04 Å². The minimum Gasteiger partial charge on any atom is -0.379 e. The van der Waals surface area contributed by atoms with E-state index in [1.54, 1.807) is 14.2 Å². The Morgan fingerprint density at radius 1 is 1.14 bits per heavy atom. The Bertz CT molecular complexity index is 129. The van der Waals surface area contributed by atoms with Crippen LogP contribution in [0.4, 0.5) is 0 Å². The Hall–Kier alpha value is -0.120. The molecule has 3 nitrogen and oxygen atoms in total. The molecule has 14 heavy (non-hydrogen) atoms. The van der Waals surface area contributed by atoms with Crippen LogP contribution in [0, 0.1) is 5.92 Å². The highest BCUT2D eigenvalue weighted by molar-refractivity contribution is 4.89. The van der Waals surface area contributed by atoms with Crippen molar-refractivity contribution in [1.82, 2.24) is 5.32 Å². The van der Waals surface area contributed by atoms with Crippen molar-refractivity contribution in [2.75, 3.05) is 21.3 Å². The first-order valence-corrected chi connectivity index (χ1v) is 5.49. The highest BCUT2D eigenvalue weighted by atomic mass is 16.5. The summed E-state index contributed by atoms with van der Waals surface area (Å²) >= 11 is 0. The van der Waals surface area contributed by atoms with E-state index in [4.69, 9.17) is 9.47 Å². The van der Waals surface area contributed by atoms with E-state index in [1.807, 2.05) is 7.05 Å². The zero-order valence-corrected chi connectivity index (χ0v) is 9.75. The first-order valence-electron chi connectivity index (χ1n) is 5.49. The van der Waals surface area contributed by atoms with Crippen LogP contribution >= 0.6 is 0 Å². The van der Waals surface area contributed by atoms with Crippen LogP contribution in [-0.2, 0) is 9.47 Å². The topological polar surface area (TPSA) is 30.5 Å². The van der Waals surface area contributed by atoms with Crippen molar-refractivity contribution < 1.29 is 9.47 Å². The molecule has 0 saturated heterocycles. The second kappa shape index (κ2) is 5.69. The molecule has 2 unspecified atom stereocenters. The lowest BCUT2D eigenvalue weighted by molar-refractivity contribution is -0.0790. The summed E-state index contributed by atoms with van der Waals surface area (Å²) in [6.45, 7) is 2.24. The summed E-state index contributed by atoms with van der Waals surface area (Å²) in [7, 11) is 5.59. The van der Waals surface area contributed by atoms with Gasteiger partial charge in [-0.3, -0.25) is 0 Å². The van der Waals surface area contributed by atoms with Gasteiger partial charge in [0.1, 0.15) is 0 Å². The summed E-state index contributed by atoms with van der Waals surface area (Å²) in [5.74, 6) is 0.719. The first-order chi connectivity index (χ1) is 6.76. The van der Waals surface area contributed by atoms with Crippen LogP contribution in [0.5, 0.6) is 0 Å². The lowest BCUT2D eigenvalue weighted by atomic mass is 9.79. The third-order valence-corrected chi connectivity index (χ3v) is 3.51. The van der Waals surface area contributed by atoms with E-state index < -0.39 is 0 Å². The lowest BCUT2D eigenvalue weighted by Crippen LogP contribution is -2.48. The summed E-state index contributed by atoms with van der Waals surface area (Å²) < 4.78 is 10.9. The van der Waals surface area contributed by atoms with Crippen molar-refractivity contribution in [2.24, 2.45) is 5.92 Å². The molecule has 0 aromatic carbocycles. The standard InChI is InChI=1S/C11H23NO2/c1-5-8-6-10(13-3)11(14-4)7-9(8)12-2/h8-12H,5-7H2,1-4H3/t8-,9+,10?,11?/m0/s1. The summed E-state index contributed by atoms with van der Waals surface area (Å²) in [6, 6.07) is 0.580. The molecule has 1 saturated carbocycles. The van der Waals surface area contributed by atoms with Crippen molar-refractivity contribution in [3.63, 3.8) is 0 Å². The average Bonchev–Trinajstić information content (AvgIpc) is 2.26. The molecule has 0 aliphatic heterocycles. The molecule has 0 bridgehead atoms. The van der Waals surface area contributed by atoms with Gasteiger partial charge in [-0.15, -0.1) is 0 Å². The molecule has 0 amide bonds. The minimum absolute atomic E-state index is 0.250. The zero-order chi connectivity index (χ0) is 10.6. The van der Waals surface area contributed by atoms with Crippen LogP contribution in [0.15, 0.2) is 0 Å². The Kier molecular flexibility index (Phi) is 4.85. The van der Waals surface area contributed by atoms with Gasteiger partial charge in [-0.05, 0) is 25.8 Å². The molecule has 0 aromatic heterocycles. The van der Waals surface area contributed by atoms with Gasteiger partial charge >= 0.3 is 0 Å². The maximum absolute atomic E-state index is 5.47. The van der Waals surface area contributed by atoms with E-state index in [0.717, 1.165) is 18.8 Å². The van der Waals surface area contributed by atoms with E-state index in [1.165, 1.54) is 6.42 Å². The van der Waals surface area contributed by atoms with Gasteiger partial charge in [0, 0.05) is 20.3 Å². The summed E-state index contributed by atoms with van der Waals surface area (Å²) in [6.07, 6.45) is 3.90. The number of rotatable bonds is 4. The van der Waals surface area contributed by atoms with E-state index in [2.05, 4.69) is 12.2 Å². The fourth-order valence-corrected chi connectivity index (χ4v) is 2.51. The van der Waals surface area contributed by atoms with Crippen LogP contribution in [0.3, 0.4) is 0 Å². The predicted octanol–water partition coefficient (Wildman–Crippen LogP) is 1.42. The molecule has 0 heterocycles. The molecule has 1 aliphatic rings. The van der Waals surface area contributed by atoms with E-state index in [9.17, 15) is 0 Å². The molecular weight excluding hydrogens is 178 g/mol. The van der Waals surface area contributed by atoms with Gasteiger partial charge in [0.15, 0.2) is 0 Å². The molecule has 0 aromatic rings. The lowest BCUT2D eigenvalue weighted by Gasteiger charge is -2.39. The Balaban J connectivity index is 2.59. The van der Waals surface area contributed by atoms with Gasteiger partial charge in [-0.2, -0.15) is 0 Å². The van der Waals surface area contributed by atoms with Crippen molar-refractivity contribution >= 4 is 0 Å². The smallest absolute Gasteiger partial charge is 0.0847 e. The molecular formula is C11H23NO2. The molecule has 84 valence electrons. The molecule has 1 aliphatic carbocycles. The van der Waals surface area contributed by atoms with E-state index in [-0.39, 0.29) is 12.2 Å². The molecule has 3 heteroatoms. The monoisotopic (exact) mass is 201 g/mol. The SMILES string of the molecule is CC[C@H]1CC(OC)C(OC)C[C@H]1NC. The van der Waals surface area contributed by atoms with Crippen molar-refractivity contribution in [3.8, 4) is 0 Å². The van der Waals surface area contributed by atoms with Gasteiger partial charge in [0.2, 0.25) is 0 Å². The van der Waals surface area contributed by atoms with Gasteiger partial charge in [0.05, 0.1) is 12.2 Å². The van der Waals surface area contributed by atoms with Crippen LogP contribution in [0.1, 0.15) is 26.2 Å². The Morgan fingerprint density at radius 2 is 1.71 bits per heavy atom. The van der Waals surface area contributed by atoms with Crippen LogP contribution in [-0.4, -0.2) is 39.5 Å². The summed E-state index contributed by atoms with van der Waals surface area (Å²) in [5.41, 5.74) is 0. The third-order valence-electron chi connectivity index (χ3n) is 3.51. The predicted molar refractivity (Wildman–Crippen MR) is 57.5 cm³/mol. The van der Waals surface area contributed by atoms with E-state index >= 15 is 0 Å². The van der Waals surface area contributed by atoms with Gasteiger partial charge in [-0.25, -0.2) is 0 Å². The number of ether oxygens (including phenoxy) is 2. The van der Waals surface area contributed by atoms with Crippen molar-refractivity contribution in [3.05, 3.63) is 0 Å². The fourth-order valence-electron chi connectivity index (χ4n) is 2.51. The van der Waals surface area contributed by atoms with Gasteiger partial charge < -0.3 is 14.8 Å². The van der Waals surface area contributed by atoms with Gasteiger partial charge in [-0.1, -0.05) is 13.3 Å². The summed E-state index contributed by atoms with van der Waals surface area (Å²) in [4.78, 5) is 0. The maximum Gasteiger partial charge on any atom is 0.0847 e. The molecule has 1 rings (SSSR count). The second-order valence-corrected chi connectivity index (χ2v) is 4.08. The third kappa shape index (κ3) is 2.47. The number of methoxy groups -OCH3 is 2. The van der Waals surface area contributed by atoms with Crippen LogP contribution < -0.4 is 5.32 Å². The number of nitrogens with one attached hydrogen (secondary N) is 1. The first kappa shape index (κ1) is 12.0. The molecule has 1 N–H and O–H groups in total. The van der Waals surface area contributed by atoms with Crippen LogP contribution in [0.25, 0.3) is 0 Å². The fraction of sp³-hybridized carbons (Fsp3) is 1.00. The number of hydrogen-bond donors (Lipinski definition) is 1. The van der Waals surface area contributed by atoms with Crippen LogP contribution in [0.2, 0.25) is 0 Å². The summed E-state index contributed by atoms with van der Waals surface area (Å²) in [5, 5.41) is 3.38. The Morgan fingerprint density at radius 3 is 2.14 bits per heavy atom. The zero-order valence-electron chi connectivity index (χ0n) is 9.75. The molecule has 1 fully saturated rings. The minimum atomic E-state index is 0.250. The second-order valence-electron chi connectivity index (χ2n) is 4.08. The Labute approximate surface area is 87.2 Å². The van der Waals surface area contributed by atoms with Gasteiger partial charge in [0.25, 0.3) is 0 Å². The van der Waals surface area contributed by atoms with Crippen molar-refractivity contribution in [1.29, 1.82) is 0 Å². The molecule has 0 spiro atoms. The highest BCUT2D eigenvalue weighted by Gasteiger charge is 2.35. The molecule has 0 radical (unpaired) electrons. The average molecular weight is 201 g/mol. The van der Waals surface area contributed by atoms with Crippen molar-refractivity contribution in [2.45, 2.75) is 44.4 Å².